The first-order valence-corrected chi connectivity index (χ1v) is 8.28. The second kappa shape index (κ2) is 6.90. The molecule has 2 aromatic carbocycles. The van der Waals surface area contributed by atoms with Crippen molar-refractivity contribution >= 4 is 21.8 Å². The molecule has 2 heterocycles. The first-order valence-electron chi connectivity index (χ1n) is 8.28. The average molecular weight is 355 g/mol. The maximum absolute atomic E-state index is 10.6. The molecule has 0 amide bonds. The van der Waals surface area contributed by atoms with E-state index in [0.717, 1.165) is 22.4 Å². The van der Waals surface area contributed by atoms with E-state index in [1.807, 2.05) is 36.7 Å². The molecular weight excluding hydrogens is 334 g/mol. The minimum atomic E-state index is -0.498. The first kappa shape index (κ1) is 17.5. The number of hydrogen-bond acceptors (Lipinski definition) is 2. The molecule has 0 fully saturated rings. The molecule has 0 bridgehead atoms. The molecule has 4 aromatic rings. The van der Waals surface area contributed by atoms with Crippen LogP contribution < -0.4 is 12.4 Å². The van der Waals surface area contributed by atoms with Gasteiger partial charge in [-0.1, -0.05) is 36.4 Å². The zero-order valence-corrected chi connectivity index (χ0v) is 15.1. The van der Waals surface area contributed by atoms with E-state index in [9.17, 15) is 5.11 Å². The Morgan fingerprint density at radius 3 is 2.00 bits per heavy atom. The Labute approximate surface area is 153 Å². The number of aliphatic hydroxyl groups excluding tert-OH is 1. The molecule has 0 aliphatic carbocycles. The maximum Gasteiger partial charge on any atom is 0.0914 e. The number of rotatable bonds is 4. The molecule has 1 N–H and O–H groups in total. The highest BCUT2D eigenvalue weighted by atomic mass is 35.5. The third-order valence-corrected chi connectivity index (χ3v) is 4.56. The van der Waals surface area contributed by atoms with Gasteiger partial charge in [-0.05, 0) is 32.0 Å². The van der Waals surface area contributed by atoms with Crippen LogP contribution in [0.1, 0.15) is 11.4 Å². The molecule has 130 valence electrons. The zero-order chi connectivity index (χ0) is 16.7. The Balaban J connectivity index is 0.00000182. The summed E-state index contributed by atoms with van der Waals surface area (Å²) >= 11 is 0. The third-order valence-electron chi connectivity index (χ3n) is 4.56. The van der Waals surface area contributed by atoms with Crippen LogP contribution in [0.5, 0.6) is 0 Å². The van der Waals surface area contributed by atoms with Crippen LogP contribution >= 0.6 is 0 Å². The van der Waals surface area contributed by atoms with Crippen LogP contribution in [0.15, 0.2) is 54.6 Å². The predicted molar refractivity (Wildman–Crippen MR) is 97.2 cm³/mol. The van der Waals surface area contributed by atoms with Gasteiger partial charge in [0.25, 0.3) is 0 Å². The number of aryl methyl sites for hydroxylation is 2. The summed E-state index contributed by atoms with van der Waals surface area (Å²) < 4.78 is 4.09. The van der Waals surface area contributed by atoms with Gasteiger partial charge in [0.05, 0.1) is 24.9 Å². The first-order chi connectivity index (χ1) is 11.6. The van der Waals surface area contributed by atoms with Gasteiger partial charge in [-0.3, -0.25) is 4.68 Å². The van der Waals surface area contributed by atoms with Crippen LogP contribution in [0.2, 0.25) is 0 Å². The van der Waals surface area contributed by atoms with E-state index in [0.29, 0.717) is 13.1 Å². The lowest BCUT2D eigenvalue weighted by atomic mass is 10.2. The number of halogens is 1. The molecule has 1 atom stereocenters. The van der Waals surface area contributed by atoms with E-state index in [2.05, 4.69) is 46.1 Å². The van der Waals surface area contributed by atoms with Gasteiger partial charge in [-0.25, -0.2) is 0 Å². The van der Waals surface area contributed by atoms with Crippen molar-refractivity contribution in [3.05, 3.63) is 66.0 Å². The van der Waals surface area contributed by atoms with Crippen molar-refractivity contribution in [3.8, 4) is 0 Å². The van der Waals surface area contributed by atoms with Gasteiger partial charge in [-0.2, -0.15) is 5.10 Å². The van der Waals surface area contributed by atoms with E-state index in [1.165, 1.54) is 10.8 Å². The van der Waals surface area contributed by atoms with E-state index in [4.69, 9.17) is 0 Å². The van der Waals surface area contributed by atoms with E-state index in [1.54, 1.807) is 0 Å². The topological polar surface area (TPSA) is 43.0 Å². The molecule has 1 unspecified atom stereocenters. The molecule has 4 rings (SSSR count). The molecule has 0 aliphatic heterocycles. The predicted octanol–water partition coefficient (Wildman–Crippen LogP) is 0.673. The lowest BCUT2D eigenvalue weighted by Crippen LogP contribution is -3.00. The van der Waals surface area contributed by atoms with Gasteiger partial charge < -0.3 is 22.1 Å². The highest BCUT2D eigenvalue weighted by Crippen LogP contribution is 2.28. The van der Waals surface area contributed by atoms with Gasteiger partial charge in [0.1, 0.15) is 0 Å². The van der Waals surface area contributed by atoms with Crippen LogP contribution in [-0.2, 0) is 13.1 Å². The zero-order valence-electron chi connectivity index (χ0n) is 14.4. The lowest BCUT2D eigenvalue weighted by molar-refractivity contribution is -0.00000755. The van der Waals surface area contributed by atoms with Crippen molar-refractivity contribution in [1.82, 2.24) is 14.3 Å². The van der Waals surface area contributed by atoms with Gasteiger partial charge in [0.15, 0.2) is 0 Å². The fourth-order valence-electron chi connectivity index (χ4n) is 3.53. The highest BCUT2D eigenvalue weighted by molar-refractivity contribution is 6.07. The fraction of sp³-hybridized carbons (Fsp3) is 0.250. The summed E-state index contributed by atoms with van der Waals surface area (Å²) in [7, 11) is 0. The Morgan fingerprint density at radius 1 is 0.920 bits per heavy atom. The normalized spacial score (nSPS) is 12.4. The Bertz CT molecular complexity index is 965. The van der Waals surface area contributed by atoms with Crippen LogP contribution in [0.3, 0.4) is 0 Å². The monoisotopic (exact) mass is 354 g/mol. The number of fused-ring (bicyclic) bond motifs is 3. The SMILES string of the molecule is Cc1cc(C)n(CC(O)Cn2c3ccccc3c3ccccc32)n1.[Cl-]. The maximum atomic E-state index is 10.6. The lowest BCUT2D eigenvalue weighted by Gasteiger charge is -2.15. The smallest absolute Gasteiger partial charge is 0.0914 e. The summed E-state index contributed by atoms with van der Waals surface area (Å²) in [5.41, 5.74) is 4.38. The summed E-state index contributed by atoms with van der Waals surface area (Å²) in [6, 6.07) is 18.8. The van der Waals surface area contributed by atoms with Crippen molar-refractivity contribution in [3.63, 3.8) is 0 Å². The summed E-state index contributed by atoms with van der Waals surface area (Å²) in [6.45, 7) is 5.04. The molecule has 0 saturated heterocycles. The van der Waals surface area contributed by atoms with Crippen molar-refractivity contribution in [1.29, 1.82) is 0 Å². The molecule has 0 saturated carbocycles. The molecule has 0 aliphatic rings. The van der Waals surface area contributed by atoms with E-state index < -0.39 is 6.10 Å². The minimum absolute atomic E-state index is 0. The second-order valence-electron chi connectivity index (χ2n) is 6.41. The number of benzene rings is 2. The van der Waals surface area contributed by atoms with Crippen LogP contribution in [0.25, 0.3) is 21.8 Å². The molecule has 4 nitrogen and oxygen atoms in total. The number of aromatic nitrogens is 3. The summed E-state index contributed by atoms with van der Waals surface area (Å²) in [4.78, 5) is 0. The number of aliphatic hydroxyl groups is 1. The molecular formula is C20H21ClN3O-. The van der Waals surface area contributed by atoms with Gasteiger partial charge in [0, 0.05) is 27.5 Å². The van der Waals surface area contributed by atoms with Gasteiger partial charge in [-0.15, -0.1) is 0 Å². The molecule has 25 heavy (non-hydrogen) atoms. The largest absolute Gasteiger partial charge is 1.00 e. The van der Waals surface area contributed by atoms with E-state index >= 15 is 0 Å². The van der Waals surface area contributed by atoms with Crippen LogP contribution in [0.4, 0.5) is 0 Å². The van der Waals surface area contributed by atoms with Gasteiger partial charge >= 0.3 is 0 Å². The summed E-state index contributed by atoms with van der Waals surface area (Å²) in [5.74, 6) is 0. The Hall–Kier alpha value is -2.30. The number of hydrogen-bond donors (Lipinski definition) is 1. The van der Waals surface area contributed by atoms with E-state index in [-0.39, 0.29) is 12.4 Å². The second-order valence-corrected chi connectivity index (χ2v) is 6.41. The molecule has 2 aromatic heterocycles. The average Bonchev–Trinajstić information content (AvgIpc) is 3.06. The third kappa shape index (κ3) is 3.15. The number of para-hydroxylation sites is 2. The van der Waals surface area contributed by atoms with Crippen LogP contribution in [-0.4, -0.2) is 25.6 Å². The fourth-order valence-corrected chi connectivity index (χ4v) is 3.53. The van der Waals surface area contributed by atoms with Crippen molar-refractivity contribution < 1.29 is 17.5 Å². The number of nitrogens with zero attached hydrogens (tertiary/aromatic N) is 3. The Kier molecular flexibility index (Phi) is 4.84. The summed E-state index contributed by atoms with van der Waals surface area (Å²) in [5, 5.41) is 17.6. The standard InChI is InChI=1S/C20H21N3O.ClH/c1-14-11-15(2)23(21-14)13-16(24)12-22-19-9-5-3-7-17(19)18-8-4-6-10-20(18)22;/h3-11,16,24H,12-13H2,1-2H3;1H/p-1. The van der Waals surface area contributed by atoms with Gasteiger partial charge in [0.2, 0.25) is 0 Å². The van der Waals surface area contributed by atoms with Crippen molar-refractivity contribution in [2.24, 2.45) is 0 Å². The van der Waals surface area contributed by atoms with Crippen LogP contribution in [0, 0.1) is 13.8 Å². The minimum Gasteiger partial charge on any atom is -1.00 e. The molecule has 0 spiro atoms. The summed E-state index contributed by atoms with van der Waals surface area (Å²) in [6.07, 6.45) is -0.498. The molecule has 5 heteroatoms. The molecule has 0 radical (unpaired) electrons. The highest BCUT2D eigenvalue weighted by Gasteiger charge is 2.14. The quantitative estimate of drug-likeness (QED) is 0.585. The van der Waals surface area contributed by atoms with Crippen molar-refractivity contribution in [2.75, 3.05) is 0 Å². The Morgan fingerprint density at radius 2 is 1.48 bits per heavy atom. The van der Waals surface area contributed by atoms with Crippen molar-refractivity contribution in [2.45, 2.75) is 33.0 Å².